The van der Waals surface area contributed by atoms with E-state index in [0.29, 0.717) is 9.52 Å². The Morgan fingerprint density at radius 2 is 2.11 bits per heavy atom. The lowest BCUT2D eigenvalue weighted by Crippen LogP contribution is -2.22. The van der Waals surface area contributed by atoms with Crippen LogP contribution in [-0.2, 0) is 10.0 Å². The topological polar surface area (TPSA) is 83.7 Å². The molecule has 9 heteroatoms. The van der Waals surface area contributed by atoms with Crippen molar-refractivity contribution in [2.24, 2.45) is 4.40 Å². The third-order valence-electron chi connectivity index (χ3n) is 2.53. The number of aromatic hydroxyl groups is 1. The molecular formula is C10H7N3O3S3. The summed E-state index contributed by atoms with van der Waals surface area (Å²) < 4.78 is 28.9. The molecule has 0 radical (unpaired) electrons. The van der Waals surface area contributed by atoms with Gasteiger partial charge in [-0.1, -0.05) is 12.1 Å². The van der Waals surface area contributed by atoms with Gasteiger partial charge in [0.2, 0.25) is 5.88 Å². The van der Waals surface area contributed by atoms with Gasteiger partial charge >= 0.3 is 0 Å². The number of hydrogen-bond donors (Lipinski definition) is 2. The summed E-state index contributed by atoms with van der Waals surface area (Å²) in [6.07, 6.45) is 0. The summed E-state index contributed by atoms with van der Waals surface area (Å²) in [4.78, 5) is 0.138. The van der Waals surface area contributed by atoms with E-state index >= 15 is 0 Å². The zero-order valence-corrected chi connectivity index (χ0v) is 11.7. The summed E-state index contributed by atoms with van der Waals surface area (Å²) in [7, 11) is -3.68. The Morgan fingerprint density at radius 3 is 2.79 bits per heavy atom. The van der Waals surface area contributed by atoms with Crippen molar-refractivity contribution < 1.29 is 13.5 Å². The van der Waals surface area contributed by atoms with Crippen LogP contribution in [0.25, 0.3) is 0 Å². The molecule has 98 valence electrons. The highest BCUT2D eigenvalue weighted by molar-refractivity contribution is 7.90. The van der Waals surface area contributed by atoms with E-state index in [1.54, 1.807) is 18.2 Å². The number of rotatable bonds is 1. The standard InChI is InChI=1S/C10H7N3O3S3/c14-8-5-18-10(17)13(8)11-9-6-3-1-2-4-7(6)19(15,16)12-9/h1-5,14H,(H,11,12). The van der Waals surface area contributed by atoms with Gasteiger partial charge in [0, 0.05) is 5.56 Å². The Balaban J connectivity index is 2.12. The Bertz CT molecular complexity index is 848. The quantitative estimate of drug-likeness (QED) is 0.783. The molecular weight excluding hydrogens is 306 g/mol. The van der Waals surface area contributed by atoms with Gasteiger partial charge in [0.25, 0.3) is 10.0 Å². The van der Waals surface area contributed by atoms with Gasteiger partial charge in [0.15, 0.2) is 9.79 Å². The highest BCUT2D eigenvalue weighted by Crippen LogP contribution is 2.26. The first-order chi connectivity index (χ1) is 8.99. The Hall–Kier alpha value is -1.71. The van der Waals surface area contributed by atoms with Crippen molar-refractivity contribution in [3.63, 3.8) is 0 Å². The highest BCUT2D eigenvalue weighted by Gasteiger charge is 2.28. The van der Waals surface area contributed by atoms with E-state index in [0.717, 1.165) is 11.3 Å². The Kier molecular flexibility index (Phi) is 2.69. The fourth-order valence-corrected chi connectivity index (χ4v) is 3.71. The molecule has 1 aromatic carbocycles. The van der Waals surface area contributed by atoms with E-state index < -0.39 is 10.0 Å². The van der Waals surface area contributed by atoms with Gasteiger partial charge in [0.1, 0.15) is 4.90 Å². The van der Waals surface area contributed by atoms with E-state index in [9.17, 15) is 13.5 Å². The van der Waals surface area contributed by atoms with Crippen molar-refractivity contribution in [1.29, 1.82) is 0 Å². The maximum atomic E-state index is 11.8. The first-order valence-electron chi connectivity index (χ1n) is 5.10. The maximum Gasteiger partial charge on any atom is 0.285 e. The molecule has 0 aliphatic carbocycles. The molecule has 2 N–H and O–H groups in total. The molecule has 3 rings (SSSR count). The summed E-state index contributed by atoms with van der Waals surface area (Å²) in [6, 6.07) is 6.46. The molecule has 0 bridgehead atoms. The molecule has 0 spiro atoms. The maximum absolute atomic E-state index is 11.8. The van der Waals surface area contributed by atoms with Crippen LogP contribution in [0.3, 0.4) is 0 Å². The van der Waals surface area contributed by atoms with E-state index in [2.05, 4.69) is 9.82 Å². The van der Waals surface area contributed by atoms with E-state index in [4.69, 9.17) is 12.2 Å². The van der Waals surface area contributed by atoms with Gasteiger partial charge in [0.05, 0.1) is 5.38 Å². The second kappa shape index (κ2) is 4.15. The van der Waals surface area contributed by atoms with Gasteiger partial charge < -0.3 is 5.11 Å². The largest absolute Gasteiger partial charge is 0.493 e. The van der Waals surface area contributed by atoms with Crippen LogP contribution in [0.2, 0.25) is 0 Å². The van der Waals surface area contributed by atoms with Crippen LogP contribution >= 0.6 is 23.6 Å². The van der Waals surface area contributed by atoms with Gasteiger partial charge in [-0.25, -0.2) is 4.68 Å². The summed E-state index contributed by atoms with van der Waals surface area (Å²) in [5, 5.41) is 11.1. The Labute approximate surface area is 117 Å². The number of thiazole rings is 1. The molecule has 1 aliphatic heterocycles. The number of sulfonamides is 1. The van der Waals surface area contributed by atoms with Crippen molar-refractivity contribution in [1.82, 2.24) is 4.68 Å². The van der Waals surface area contributed by atoms with Gasteiger partial charge in [-0.2, -0.15) is 8.42 Å². The third kappa shape index (κ3) is 1.95. The minimum Gasteiger partial charge on any atom is -0.493 e. The van der Waals surface area contributed by atoms with Crippen molar-refractivity contribution in [3.8, 4) is 5.88 Å². The first kappa shape index (κ1) is 12.3. The number of nitrogens with zero attached hydrogens (tertiary/aromatic N) is 2. The summed E-state index contributed by atoms with van der Waals surface area (Å²) in [5.74, 6) is 0.0416. The summed E-state index contributed by atoms with van der Waals surface area (Å²) in [5.41, 5.74) is 3.17. The summed E-state index contributed by atoms with van der Waals surface area (Å²) in [6.45, 7) is 0. The minimum absolute atomic E-state index is 0.0977. The van der Waals surface area contributed by atoms with Gasteiger partial charge in [-0.3, -0.25) is 5.43 Å². The van der Waals surface area contributed by atoms with Crippen LogP contribution in [0.15, 0.2) is 38.9 Å². The molecule has 2 heterocycles. The lowest BCUT2D eigenvalue weighted by molar-refractivity contribution is 0.436. The molecule has 0 unspecified atom stereocenters. The number of nitrogens with one attached hydrogen (secondary N) is 1. The molecule has 1 aliphatic rings. The van der Waals surface area contributed by atoms with Crippen LogP contribution in [-0.4, -0.2) is 24.0 Å². The average molecular weight is 313 g/mol. The number of aromatic nitrogens is 1. The van der Waals surface area contributed by atoms with Crippen LogP contribution in [0.1, 0.15) is 5.56 Å². The van der Waals surface area contributed by atoms with Crippen LogP contribution in [0.5, 0.6) is 5.88 Å². The number of fused-ring (bicyclic) bond motifs is 1. The second-order valence-corrected chi connectivity index (χ2v) is 6.79. The van der Waals surface area contributed by atoms with Gasteiger partial charge in [-0.15, -0.1) is 15.7 Å². The molecule has 19 heavy (non-hydrogen) atoms. The molecule has 2 aromatic rings. The smallest absolute Gasteiger partial charge is 0.285 e. The SMILES string of the molecule is O=S1(=O)N=C(Nn2c(O)csc2=S)c2ccccc21. The van der Waals surface area contributed by atoms with Crippen molar-refractivity contribution in [3.05, 3.63) is 39.2 Å². The molecule has 0 fully saturated rings. The van der Waals surface area contributed by atoms with Crippen LogP contribution in [0.4, 0.5) is 0 Å². The lowest BCUT2D eigenvalue weighted by atomic mass is 10.2. The predicted molar refractivity (Wildman–Crippen MR) is 74.3 cm³/mol. The lowest BCUT2D eigenvalue weighted by Gasteiger charge is -2.07. The fourth-order valence-electron chi connectivity index (χ4n) is 1.70. The van der Waals surface area contributed by atoms with E-state index in [1.165, 1.54) is 16.1 Å². The van der Waals surface area contributed by atoms with Crippen LogP contribution in [0, 0.1) is 3.95 Å². The van der Waals surface area contributed by atoms with Crippen LogP contribution < -0.4 is 5.43 Å². The zero-order chi connectivity index (χ0) is 13.6. The number of hydrogen-bond acceptors (Lipinski definition) is 6. The first-order valence-corrected chi connectivity index (χ1v) is 7.83. The molecule has 6 nitrogen and oxygen atoms in total. The van der Waals surface area contributed by atoms with Crippen molar-refractivity contribution in [2.45, 2.75) is 4.90 Å². The molecule has 0 saturated carbocycles. The highest BCUT2D eigenvalue weighted by atomic mass is 32.2. The summed E-state index contributed by atoms with van der Waals surface area (Å²) >= 11 is 6.17. The zero-order valence-electron chi connectivity index (χ0n) is 9.27. The predicted octanol–water partition coefficient (Wildman–Crippen LogP) is 1.68. The van der Waals surface area contributed by atoms with Crippen molar-refractivity contribution in [2.75, 3.05) is 5.43 Å². The third-order valence-corrected chi connectivity index (χ3v) is 5.04. The number of amidine groups is 1. The fraction of sp³-hybridized carbons (Fsp3) is 0. The monoisotopic (exact) mass is 313 g/mol. The molecule has 0 saturated heterocycles. The number of benzene rings is 1. The molecule has 0 amide bonds. The normalized spacial score (nSPS) is 15.9. The van der Waals surface area contributed by atoms with E-state index in [1.807, 2.05) is 0 Å². The Morgan fingerprint density at radius 1 is 1.37 bits per heavy atom. The van der Waals surface area contributed by atoms with E-state index in [-0.39, 0.29) is 16.6 Å². The molecule has 0 atom stereocenters. The van der Waals surface area contributed by atoms with Gasteiger partial charge in [-0.05, 0) is 24.4 Å². The second-order valence-electron chi connectivity index (χ2n) is 3.72. The minimum atomic E-state index is -3.68. The van der Waals surface area contributed by atoms with Crippen molar-refractivity contribution >= 4 is 39.4 Å². The molecule has 1 aromatic heterocycles. The average Bonchev–Trinajstić information content (AvgIpc) is 2.82.